The van der Waals surface area contributed by atoms with Crippen molar-refractivity contribution in [3.63, 3.8) is 0 Å². The van der Waals surface area contributed by atoms with Gasteiger partial charge < -0.3 is 0 Å². The normalized spacial score (nSPS) is 13.9. The second-order valence-electron chi connectivity index (χ2n) is 2.57. The van der Waals surface area contributed by atoms with Crippen LogP contribution in [0.5, 0.6) is 0 Å². The van der Waals surface area contributed by atoms with Crippen molar-refractivity contribution in [1.29, 1.82) is 0 Å². The Bertz CT molecular complexity index is 190. The fourth-order valence-electron chi connectivity index (χ4n) is 0.767. The van der Waals surface area contributed by atoms with Crippen LogP contribution in [0.25, 0.3) is 0 Å². The van der Waals surface area contributed by atoms with E-state index in [1.165, 1.54) is 5.57 Å². The molecule has 0 heterocycles. The molecular formula is C9H14ClN. The van der Waals surface area contributed by atoms with Crippen LogP contribution in [0.15, 0.2) is 27.9 Å². The number of aliphatic imine (C=N–C) groups is 1. The molecule has 0 aliphatic carbocycles. The first-order chi connectivity index (χ1) is 5.11. The summed E-state index contributed by atoms with van der Waals surface area (Å²) in [6, 6.07) is 0. The SMILES string of the molecule is C=N/C(Cl)=C\C(=C/C)C(C)C. The highest BCUT2D eigenvalue weighted by atomic mass is 35.5. The highest BCUT2D eigenvalue weighted by Crippen LogP contribution is 2.15. The van der Waals surface area contributed by atoms with Crippen molar-refractivity contribution in [1.82, 2.24) is 0 Å². The summed E-state index contributed by atoms with van der Waals surface area (Å²) in [5.41, 5.74) is 1.18. The Labute approximate surface area is 73.5 Å². The molecule has 0 aromatic rings. The van der Waals surface area contributed by atoms with E-state index in [1.54, 1.807) is 0 Å². The molecule has 1 nitrogen and oxygen atoms in total. The number of rotatable bonds is 3. The summed E-state index contributed by atoms with van der Waals surface area (Å²) in [4.78, 5) is 3.59. The van der Waals surface area contributed by atoms with E-state index in [0.29, 0.717) is 11.1 Å². The molecule has 0 N–H and O–H groups in total. The Morgan fingerprint density at radius 1 is 1.55 bits per heavy atom. The summed E-state index contributed by atoms with van der Waals surface area (Å²) in [6.07, 6.45) is 3.86. The van der Waals surface area contributed by atoms with Crippen molar-refractivity contribution in [2.24, 2.45) is 10.9 Å². The minimum atomic E-state index is 0.451. The van der Waals surface area contributed by atoms with Crippen molar-refractivity contribution >= 4 is 18.3 Å². The second kappa shape index (κ2) is 5.14. The van der Waals surface area contributed by atoms with Gasteiger partial charge in [-0.05, 0) is 31.2 Å². The van der Waals surface area contributed by atoms with Gasteiger partial charge in [0.2, 0.25) is 0 Å². The van der Waals surface area contributed by atoms with Crippen LogP contribution in [0.1, 0.15) is 20.8 Å². The van der Waals surface area contributed by atoms with Gasteiger partial charge in [-0.25, -0.2) is 0 Å². The van der Waals surface area contributed by atoms with Crippen molar-refractivity contribution in [3.8, 4) is 0 Å². The minimum absolute atomic E-state index is 0.451. The third-order valence-corrected chi connectivity index (χ3v) is 1.67. The predicted molar refractivity (Wildman–Crippen MR) is 52.1 cm³/mol. The summed E-state index contributed by atoms with van der Waals surface area (Å²) in [6.45, 7) is 9.54. The van der Waals surface area contributed by atoms with Gasteiger partial charge >= 0.3 is 0 Å². The number of nitrogens with zero attached hydrogens (tertiary/aromatic N) is 1. The molecule has 0 aromatic heterocycles. The standard InChI is InChI=1S/C9H14ClN/c1-5-8(7(2)3)6-9(10)11-4/h5-7H,4H2,1-3H3/b8-5+,9-6-. The van der Waals surface area contributed by atoms with Gasteiger partial charge in [0.05, 0.1) is 0 Å². The van der Waals surface area contributed by atoms with Crippen molar-refractivity contribution in [2.45, 2.75) is 20.8 Å². The molecule has 0 radical (unpaired) electrons. The molecule has 0 spiro atoms. The summed E-state index contributed by atoms with van der Waals surface area (Å²) in [7, 11) is 0. The summed E-state index contributed by atoms with van der Waals surface area (Å²) in [5.74, 6) is 0.482. The molecule has 0 amide bonds. The minimum Gasteiger partial charge on any atom is -0.252 e. The molecule has 0 aliphatic heterocycles. The first-order valence-corrected chi connectivity index (χ1v) is 3.99. The summed E-state index contributed by atoms with van der Waals surface area (Å²) < 4.78 is 0. The van der Waals surface area contributed by atoms with E-state index in [0.717, 1.165) is 0 Å². The van der Waals surface area contributed by atoms with E-state index in [2.05, 4.69) is 25.6 Å². The van der Waals surface area contributed by atoms with Crippen LogP contribution in [-0.2, 0) is 0 Å². The molecule has 11 heavy (non-hydrogen) atoms. The van der Waals surface area contributed by atoms with Gasteiger partial charge in [0.1, 0.15) is 5.16 Å². The molecule has 0 saturated heterocycles. The van der Waals surface area contributed by atoms with Crippen LogP contribution in [-0.4, -0.2) is 6.72 Å². The van der Waals surface area contributed by atoms with Crippen LogP contribution in [0.3, 0.4) is 0 Å². The fraction of sp³-hybridized carbons (Fsp3) is 0.444. The number of hydrogen-bond donors (Lipinski definition) is 0. The molecule has 2 heteroatoms. The van der Waals surface area contributed by atoms with Crippen LogP contribution in [0.2, 0.25) is 0 Å². The number of hydrogen-bond acceptors (Lipinski definition) is 1. The summed E-state index contributed by atoms with van der Waals surface area (Å²) >= 11 is 5.67. The molecule has 62 valence electrons. The Hall–Kier alpha value is -0.560. The smallest absolute Gasteiger partial charge is 0.128 e. The van der Waals surface area contributed by atoms with Crippen LogP contribution < -0.4 is 0 Å². The maximum atomic E-state index is 5.67. The van der Waals surface area contributed by atoms with E-state index < -0.39 is 0 Å². The number of allylic oxidation sites excluding steroid dienone is 3. The third kappa shape index (κ3) is 3.99. The molecule has 0 unspecified atom stereocenters. The van der Waals surface area contributed by atoms with Crippen molar-refractivity contribution in [2.75, 3.05) is 0 Å². The van der Waals surface area contributed by atoms with Gasteiger partial charge in [-0.3, -0.25) is 4.99 Å². The lowest BCUT2D eigenvalue weighted by Crippen LogP contribution is -1.89. The van der Waals surface area contributed by atoms with Crippen LogP contribution in [0, 0.1) is 5.92 Å². The lowest BCUT2D eigenvalue weighted by Gasteiger charge is -2.04. The van der Waals surface area contributed by atoms with Crippen LogP contribution in [0.4, 0.5) is 0 Å². The maximum Gasteiger partial charge on any atom is 0.128 e. The number of halogens is 1. The van der Waals surface area contributed by atoms with Gasteiger partial charge in [-0.2, -0.15) is 0 Å². The highest BCUT2D eigenvalue weighted by molar-refractivity contribution is 6.29. The third-order valence-electron chi connectivity index (χ3n) is 1.44. The molecule has 0 saturated carbocycles. The van der Waals surface area contributed by atoms with E-state index in [9.17, 15) is 0 Å². The van der Waals surface area contributed by atoms with Gasteiger partial charge in [-0.15, -0.1) is 0 Å². The lowest BCUT2D eigenvalue weighted by atomic mass is 10.0. The Balaban J connectivity index is 4.44. The summed E-state index contributed by atoms with van der Waals surface area (Å²) in [5, 5.41) is 0.451. The predicted octanol–water partition coefficient (Wildman–Crippen LogP) is 3.37. The lowest BCUT2D eigenvalue weighted by molar-refractivity contribution is 0.789. The van der Waals surface area contributed by atoms with Gasteiger partial charge in [0, 0.05) is 0 Å². The monoisotopic (exact) mass is 171 g/mol. The molecular weight excluding hydrogens is 158 g/mol. The molecule has 0 rings (SSSR count). The van der Waals surface area contributed by atoms with E-state index in [1.807, 2.05) is 19.1 Å². The van der Waals surface area contributed by atoms with Gasteiger partial charge in [0.15, 0.2) is 0 Å². The van der Waals surface area contributed by atoms with E-state index in [4.69, 9.17) is 11.6 Å². The molecule has 0 aliphatic rings. The van der Waals surface area contributed by atoms with Gasteiger partial charge in [-0.1, -0.05) is 31.5 Å². The Kier molecular flexibility index (Phi) is 4.88. The quantitative estimate of drug-likeness (QED) is 0.351. The zero-order chi connectivity index (χ0) is 8.85. The highest BCUT2D eigenvalue weighted by Gasteiger charge is 1.98. The zero-order valence-corrected chi connectivity index (χ0v) is 8.02. The average molecular weight is 172 g/mol. The maximum absolute atomic E-state index is 5.67. The van der Waals surface area contributed by atoms with Crippen molar-refractivity contribution in [3.05, 3.63) is 22.9 Å². The van der Waals surface area contributed by atoms with E-state index in [-0.39, 0.29) is 0 Å². The second-order valence-corrected chi connectivity index (χ2v) is 2.96. The first kappa shape index (κ1) is 10.4. The molecule has 0 atom stereocenters. The molecule has 0 aromatic carbocycles. The molecule has 0 fully saturated rings. The van der Waals surface area contributed by atoms with Crippen molar-refractivity contribution < 1.29 is 0 Å². The van der Waals surface area contributed by atoms with Crippen LogP contribution >= 0.6 is 11.6 Å². The topological polar surface area (TPSA) is 12.4 Å². The Morgan fingerprint density at radius 2 is 2.09 bits per heavy atom. The fourth-order valence-corrected chi connectivity index (χ4v) is 0.892. The van der Waals surface area contributed by atoms with Gasteiger partial charge in [0.25, 0.3) is 0 Å². The van der Waals surface area contributed by atoms with E-state index >= 15 is 0 Å². The largest absolute Gasteiger partial charge is 0.252 e. The average Bonchev–Trinajstić information content (AvgIpc) is 1.99. The molecule has 0 bridgehead atoms. The zero-order valence-electron chi connectivity index (χ0n) is 7.26. The first-order valence-electron chi connectivity index (χ1n) is 3.62. The Morgan fingerprint density at radius 3 is 2.36 bits per heavy atom.